The van der Waals surface area contributed by atoms with Gasteiger partial charge in [0.15, 0.2) is 5.65 Å². The van der Waals surface area contributed by atoms with E-state index in [0.717, 1.165) is 11.6 Å². The monoisotopic (exact) mass is 623 g/mol. The molecule has 0 saturated carbocycles. The van der Waals surface area contributed by atoms with Crippen LogP contribution in [0, 0.1) is 0 Å². The lowest BCUT2D eigenvalue weighted by Crippen LogP contribution is -2.08. The van der Waals surface area contributed by atoms with Crippen LogP contribution in [-0.2, 0) is 12.8 Å². The maximum atomic E-state index is 14.6. The van der Waals surface area contributed by atoms with Gasteiger partial charge in [0.25, 0.3) is 0 Å². The highest BCUT2D eigenvalue weighted by Gasteiger charge is 2.36. The first-order chi connectivity index (χ1) is 20.2. The Bertz CT molecular complexity index is 1890. The van der Waals surface area contributed by atoms with E-state index < -0.39 is 11.7 Å². The molecule has 0 unspecified atom stereocenters. The summed E-state index contributed by atoms with van der Waals surface area (Å²) in [5.74, 6) is 0.529. The minimum absolute atomic E-state index is 0.0796. The largest absolute Gasteiger partial charge is 0.489 e. The molecule has 4 nitrogen and oxygen atoms in total. The van der Waals surface area contributed by atoms with Gasteiger partial charge in [-0.05, 0) is 72.3 Å². The van der Waals surface area contributed by atoms with Crippen molar-refractivity contribution in [3.8, 4) is 34.0 Å². The molecular formula is C32H19Cl3F3N3O. The van der Waals surface area contributed by atoms with Crippen molar-refractivity contribution < 1.29 is 17.9 Å². The van der Waals surface area contributed by atoms with E-state index in [4.69, 9.17) is 44.5 Å². The molecule has 10 heteroatoms. The van der Waals surface area contributed by atoms with E-state index in [9.17, 15) is 13.2 Å². The number of hydrogen-bond donors (Lipinski definition) is 0. The van der Waals surface area contributed by atoms with Crippen molar-refractivity contribution in [2.75, 3.05) is 0 Å². The minimum Gasteiger partial charge on any atom is -0.489 e. The number of aromatic nitrogens is 3. The lowest BCUT2D eigenvalue weighted by Gasteiger charge is -2.13. The topological polar surface area (TPSA) is 39.9 Å². The Kier molecular flexibility index (Phi) is 7.58. The van der Waals surface area contributed by atoms with Crippen LogP contribution in [0.2, 0.25) is 15.1 Å². The lowest BCUT2D eigenvalue weighted by atomic mass is 10.0. The molecule has 0 bridgehead atoms. The van der Waals surface area contributed by atoms with Crippen LogP contribution < -0.4 is 4.74 Å². The maximum absolute atomic E-state index is 14.6. The van der Waals surface area contributed by atoms with E-state index in [0.29, 0.717) is 37.6 Å². The van der Waals surface area contributed by atoms with Crippen LogP contribution in [0.3, 0.4) is 0 Å². The molecule has 0 spiro atoms. The van der Waals surface area contributed by atoms with Crippen molar-refractivity contribution in [1.82, 2.24) is 14.8 Å². The molecule has 0 amide bonds. The summed E-state index contributed by atoms with van der Waals surface area (Å²) in [5.41, 5.74) is 1.91. The molecule has 0 N–H and O–H groups in total. The van der Waals surface area contributed by atoms with Crippen molar-refractivity contribution in [2.45, 2.75) is 12.8 Å². The van der Waals surface area contributed by atoms with E-state index in [2.05, 4.69) is 5.10 Å². The van der Waals surface area contributed by atoms with E-state index in [-0.39, 0.29) is 29.0 Å². The molecule has 0 fully saturated rings. The lowest BCUT2D eigenvalue weighted by molar-refractivity contribution is -0.136. The minimum atomic E-state index is -4.68. The second kappa shape index (κ2) is 11.3. The summed E-state index contributed by atoms with van der Waals surface area (Å²) in [5, 5.41) is 5.85. The van der Waals surface area contributed by atoms with Crippen molar-refractivity contribution in [1.29, 1.82) is 0 Å². The fourth-order valence-electron chi connectivity index (χ4n) is 4.56. The number of para-hydroxylation sites is 1. The number of benzene rings is 4. The second-order valence-electron chi connectivity index (χ2n) is 9.42. The molecule has 0 aliphatic rings. The zero-order chi connectivity index (χ0) is 29.4. The van der Waals surface area contributed by atoms with E-state index >= 15 is 0 Å². The van der Waals surface area contributed by atoms with Crippen LogP contribution in [0.4, 0.5) is 13.2 Å². The summed E-state index contributed by atoms with van der Waals surface area (Å²) in [4.78, 5) is 4.71. The summed E-state index contributed by atoms with van der Waals surface area (Å²) in [6.07, 6.45) is -4.68. The predicted octanol–water partition coefficient (Wildman–Crippen LogP) is 10.3. The molecule has 2 heterocycles. The standard InChI is InChI=1S/C32H19Cl3F3N3O/c33-22-11-7-21(8-12-22)30-29-25(32(36,37)38)17-28(39-31(29)41(40-30)23-4-2-1-3-5-23)20-9-13-24(14-10-20)42-18-19-6-15-26(34)27(35)16-19/h1-17H,18H2. The normalized spacial score (nSPS) is 11.7. The molecule has 210 valence electrons. The molecule has 0 aliphatic heterocycles. The Morgan fingerprint density at radius 3 is 2.10 bits per heavy atom. The Labute approximate surface area is 253 Å². The van der Waals surface area contributed by atoms with Gasteiger partial charge < -0.3 is 4.74 Å². The van der Waals surface area contributed by atoms with Gasteiger partial charge in [-0.1, -0.05) is 71.2 Å². The Hall–Kier alpha value is -4.04. The number of fused-ring (bicyclic) bond motifs is 1. The smallest absolute Gasteiger partial charge is 0.417 e. The number of nitrogens with zero attached hydrogens (tertiary/aromatic N) is 3. The molecule has 6 rings (SSSR count). The van der Waals surface area contributed by atoms with E-state index in [1.165, 1.54) is 4.68 Å². The number of alkyl halides is 3. The third-order valence-electron chi connectivity index (χ3n) is 6.60. The number of hydrogen-bond acceptors (Lipinski definition) is 3. The van der Waals surface area contributed by atoms with Gasteiger partial charge in [0, 0.05) is 16.1 Å². The summed E-state index contributed by atoms with van der Waals surface area (Å²) in [6.45, 7) is 0.238. The van der Waals surface area contributed by atoms with Crippen LogP contribution in [-0.4, -0.2) is 14.8 Å². The molecule has 0 aliphatic carbocycles. The average Bonchev–Trinajstić information content (AvgIpc) is 3.37. The fraction of sp³-hybridized carbons (Fsp3) is 0.0625. The van der Waals surface area contributed by atoms with Crippen molar-refractivity contribution in [2.24, 2.45) is 0 Å². The van der Waals surface area contributed by atoms with Crippen LogP contribution in [0.5, 0.6) is 5.75 Å². The first-order valence-corrected chi connectivity index (χ1v) is 13.8. The van der Waals surface area contributed by atoms with E-state index in [1.807, 2.05) is 6.07 Å². The van der Waals surface area contributed by atoms with E-state index in [1.54, 1.807) is 91.0 Å². The zero-order valence-electron chi connectivity index (χ0n) is 21.5. The summed E-state index contributed by atoms with van der Waals surface area (Å²) in [6, 6.07) is 28.4. The molecule has 42 heavy (non-hydrogen) atoms. The molecule has 6 aromatic rings. The highest BCUT2D eigenvalue weighted by Crippen LogP contribution is 2.42. The van der Waals surface area contributed by atoms with Crippen LogP contribution >= 0.6 is 34.8 Å². The van der Waals surface area contributed by atoms with Crippen molar-refractivity contribution >= 4 is 45.8 Å². The highest BCUT2D eigenvalue weighted by atomic mass is 35.5. The van der Waals surface area contributed by atoms with Crippen LogP contribution in [0.25, 0.3) is 39.2 Å². The highest BCUT2D eigenvalue weighted by molar-refractivity contribution is 6.42. The summed E-state index contributed by atoms with van der Waals surface area (Å²) < 4.78 is 51.2. The molecule has 2 aromatic heterocycles. The third kappa shape index (κ3) is 5.68. The van der Waals surface area contributed by atoms with Gasteiger partial charge in [-0.2, -0.15) is 18.3 Å². The summed E-state index contributed by atoms with van der Waals surface area (Å²) >= 11 is 18.1. The van der Waals surface area contributed by atoms with Gasteiger partial charge in [-0.25, -0.2) is 9.67 Å². The Balaban J connectivity index is 1.44. The molecular weight excluding hydrogens is 606 g/mol. The first-order valence-electron chi connectivity index (χ1n) is 12.7. The quantitative estimate of drug-likeness (QED) is 0.185. The van der Waals surface area contributed by atoms with Gasteiger partial charge in [-0.15, -0.1) is 0 Å². The SMILES string of the molecule is FC(F)(F)c1cc(-c2ccc(OCc3ccc(Cl)c(Cl)c3)cc2)nc2c1c(-c1ccc(Cl)cc1)nn2-c1ccccc1. The number of halogens is 6. The predicted molar refractivity (Wildman–Crippen MR) is 161 cm³/mol. The number of ether oxygens (including phenoxy) is 1. The van der Waals surface area contributed by atoms with Crippen molar-refractivity contribution in [3.05, 3.63) is 129 Å². The summed E-state index contributed by atoms with van der Waals surface area (Å²) in [7, 11) is 0. The van der Waals surface area contributed by atoms with Gasteiger partial charge >= 0.3 is 6.18 Å². The second-order valence-corrected chi connectivity index (χ2v) is 10.7. The van der Waals surface area contributed by atoms with Gasteiger partial charge in [0.05, 0.1) is 32.4 Å². The Morgan fingerprint density at radius 1 is 0.738 bits per heavy atom. The van der Waals surface area contributed by atoms with Gasteiger partial charge in [0.2, 0.25) is 0 Å². The average molecular weight is 625 g/mol. The maximum Gasteiger partial charge on any atom is 0.417 e. The van der Waals surface area contributed by atoms with Crippen molar-refractivity contribution in [3.63, 3.8) is 0 Å². The molecule has 0 radical (unpaired) electrons. The first kappa shape index (κ1) is 28.1. The molecule has 4 aromatic carbocycles. The number of pyridine rings is 1. The fourth-order valence-corrected chi connectivity index (χ4v) is 5.01. The molecule has 0 saturated heterocycles. The third-order valence-corrected chi connectivity index (χ3v) is 7.59. The van der Waals surface area contributed by atoms with Gasteiger partial charge in [0.1, 0.15) is 18.1 Å². The number of rotatable bonds is 6. The Morgan fingerprint density at radius 2 is 1.43 bits per heavy atom. The van der Waals surface area contributed by atoms with Crippen LogP contribution in [0.15, 0.2) is 103 Å². The zero-order valence-corrected chi connectivity index (χ0v) is 23.8. The molecule has 0 atom stereocenters. The van der Waals surface area contributed by atoms with Gasteiger partial charge in [-0.3, -0.25) is 0 Å². The van der Waals surface area contributed by atoms with Crippen LogP contribution in [0.1, 0.15) is 11.1 Å².